The van der Waals surface area contributed by atoms with Crippen LogP contribution in [0.4, 0.5) is 0 Å². The van der Waals surface area contributed by atoms with Crippen molar-refractivity contribution in [1.29, 1.82) is 0 Å². The molecule has 2 amide bonds. The van der Waals surface area contributed by atoms with Gasteiger partial charge in [0.05, 0.1) is 18.9 Å². The highest BCUT2D eigenvalue weighted by Crippen LogP contribution is 2.23. The minimum Gasteiger partial charge on any atom is -0.465 e. The van der Waals surface area contributed by atoms with Gasteiger partial charge in [-0.15, -0.1) is 0 Å². The Balaban J connectivity index is 1.63. The minimum absolute atomic E-state index is 0.151. The molecular formula is C26H27N3O5. The van der Waals surface area contributed by atoms with Gasteiger partial charge in [0, 0.05) is 11.1 Å². The molecule has 2 N–H and O–H groups in total. The maximum absolute atomic E-state index is 12.6. The lowest BCUT2D eigenvalue weighted by molar-refractivity contribution is -0.123. The standard InChI is InChI=1S/C26H27N3O5/c1-16(2)23(28-24(30)18-10-8-17(3)9-11-18)25(31)29-27-15-21-12-13-22(34-21)19-6-5-7-20(14-19)26(32)33-4/h5-16,23H,1-4H3,(H,28,30)(H,29,31). The molecule has 0 aliphatic rings. The molecule has 8 heteroatoms. The number of carbonyl (C=O) groups is 3. The summed E-state index contributed by atoms with van der Waals surface area (Å²) < 4.78 is 10.5. The molecule has 0 saturated heterocycles. The van der Waals surface area contributed by atoms with Gasteiger partial charge in [0.25, 0.3) is 11.8 Å². The van der Waals surface area contributed by atoms with Crippen molar-refractivity contribution in [2.24, 2.45) is 11.0 Å². The molecule has 0 spiro atoms. The summed E-state index contributed by atoms with van der Waals surface area (Å²) in [5.74, 6) is -0.423. The molecule has 1 aromatic heterocycles. The van der Waals surface area contributed by atoms with E-state index in [1.165, 1.54) is 13.3 Å². The fourth-order valence-electron chi connectivity index (χ4n) is 3.19. The Labute approximate surface area is 198 Å². The summed E-state index contributed by atoms with van der Waals surface area (Å²) in [4.78, 5) is 36.9. The van der Waals surface area contributed by atoms with E-state index in [1.54, 1.807) is 48.5 Å². The number of esters is 1. The van der Waals surface area contributed by atoms with Crippen molar-refractivity contribution in [1.82, 2.24) is 10.7 Å². The molecule has 0 bridgehead atoms. The zero-order chi connectivity index (χ0) is 24.7. The number of hydrazone groups is 1. The Bertz CT molecular complexity index is 1200. The minimum atomic E-state index is -0.765. The van der Waals surface area contributed by atoms with Crippen LogP contribution in [0.5, 0.6) is 0 Å². The normalized spacial score (nSPS) is 11.9. The molecule has 1 atom stereocenters. The van der Waals surface area contributed by atoms with Gasteiger partial charge in [-0.3, -0.25) is 9.59 Å². The Morgan fingerprint density at radius 3 is 2.41 bits per heavy atom. The van der Waals surface area contributed by atoms with Crippen LogP contribution in [0.25, 0.3) is 11.3 Å². The fraction of sp³-hybridized carbons (Fsp3) is 0.231. The number of amides is 2. The summed E-state index contributed by atoms with van der Waals surface area (Å²) in [6, 6.07) is 16.6. The van der Waals surface area contributed by atoms with Crippen molar-refractivity contribution in [3.8, 4) is 11.3 Å². The quantitative estimate of drug-likeness (QED) is 0.300. The molecule has 0 radical (unpaired) electrons. The average Bonchev–Trinajstić information content (AvgIpc) is 3.31. The zero-order valence-electron chi connectivity index (χ0n) is 19.5. The predicted octanol–water partition coefficient (Wildman–Crippen LogP) is 3.95. The van der Waals surface area contributed by atoms with E-state index in [-0.39, 0.29) is 11.8 Å². The van der Waals surface area contributed by atoms with Gasteiger partial charge in [-0.2, -0.15) is 5.10 Å². The highest BCUT2D eigenvalue weighted by Gasteiger charge is 2.24. The number of rotatable bonds is 8. The summed E-state index contributed by atoms with van der Waals surface area (Å²) in [6.07, 6.45) is 1.37. The number of carbonyl (C=O) groups excluding carboxylic acids is 3. The van der Waals surface area contributed by atoms with Crippen molar-refractivity contribution in [2.75, 3.05) is 7.11 Å². The van der Waals surface area contributed by atoms with Gasteiger partial charge in [0.1, 0.15) is 17.6 Å². The van der Waals surface area contributed by atoms with Crippen molar-refractivity contribution in [2.45, 2.75) is 26.8 Å². The molecule has 2 aromatic carbocycles. The third kappa shape index (κ3) is 6.19. The summed E-state index contributed by atoms with van der Waals surface area (Å²) in [6.45, 7) is 5.61. The van der Waals surface area contributed by atoms with Crippen LogP contribution in [-0.4, -0.2) is 37.1 Å². The second-order valence-electron chi connectivity index (χ2n) is 8.07. The van der Waals surface area contributed by atoms with Crippen molar-refractivity contribution in [3.05, 3.63) is 83.1 Å². The number of nitrogens with zero attached hydrogens (tertiary/aromatic N) is 1. The number of hydrogen-bond donors (Lipinski definition) is 2. The van der Waals surface area contributed by atoms with Crippen LogP contribution in [0.1, 0.15) is 45.9 Å². The van der Waals surface area contributed by atoms with Crippen LogP contribution in [0.15, 0.2) is 70.2 Å². The van der Waals surface area contributed by atoms with Gasteiger partial charge in [-0.25, -0.2) is 10.2 Å². The lowest BCUT2D eigenvalue weighted by Gasteiger charge is -2.20. The Kier molecular flexibility index (Phi) is 7.97. The largest absolute Gasteiger partial charge is 0.465 e. The molecule has 0 saturated carbocycles. The number of hydrogen-bond acceptors (Lipinski definition) is 6. The van der Waals surface area contributed by atoms with Gasteiger partial charge in [-0.1, -0.05) is 43.7 Å². The van der Waals surface area contributed by atoms with Crippen LogP contribution in [0.2, 0.25) is 0 Å². The molecule has 3 aromatic rings. The number of methoxy groups -OCH3 is 1. The first kappa shape index (κ1) is 24.4. The number of furan rings is 1. The first-order chi connectivity index (χ1) is 16.3. The first-order valence-corrected chi connectivity index (χ1v) is 10.8. The van der Waals surface area contributed by atoms with Gasteiger partial charge in [0.2, 0.25) is 0 Å². The summed E-state index contributed by atoms with van der Waals surface area (Å²) in [5.41, 5.74) is 5.08. The molecule has 0 fully saturated rings. The van der Waals surface area contributed by atoms with Gasteiger partial charge in [0.15, 0.2) is 0 Å². The van der Waals surface area contributed by atoms with E-state index in [0.717, 1.165) is 5.56 Å². The van der Waals surface area contributed by atoms with Crippen molar-refractivity contribution in [3.63, 3.8) is 0 Å². The zero-order valence-corrected chi connectivity index (χ0v) is 19.5. The lowest BCUT2D eigenvalue weighted by Crippen LogP contribution is -2.48. The summed E-state index contributed by atoms with van der Waals surface area (Å²) in [7, 11) is 1.32. The van der Waals surface area contributed by atoms with Gasteiger partial charge in [-0.05, 0) is 49.2 Å². The third-order valence-electron chi connectivity index (χ3n) is 5.11. The second-order valence-corrected chi connectivity index (χ2v) is 8.07. The average molecular weight is 462 g/mol. The highest BCUT2D eigenvalue weighted by atomic mass is 16.5. The van der Waals surface area contributed by atoms with Crippen LogP contribution in [0, 0.1) is 12.8 Å². The number of ether oxygens (including phenoxy) is 1. The topological polar surface area (TPSA) is 110 Å². The maximum atomic E-state index is 12.6. The summed E-state index contributed by atoms with van der Waals surface area (Å²) in [5, 5.41) is 6.72. The molecular weight excluding hydrogens is 434 g/mol. The van der Waals surface area contributed by atoms with E-state index in [4.69, 9.17) is 9.15 Å². The molecule has 1 unspecified atom stereocenters. The number of nitrogens with one attached hydrogen (secondary N) is 2. The SMILES string of the molecule is COC(=O)c1cccc(-c2ccc(C=NNC(=O)C(NC(=O)c3ccc(C)cc3)C(C)C)o2)c1. The molecule has 3 rings (SSSR count). The predicted molar refractivity (Wildman–Crippen MR) is 128 cm³/mol. The van der Waals surface area contributed by atoms with Crippen LogP contribution in [-0.2, 0) is 9.53 Å². The van der Waals surface area contributed by atoms with E-state index in [1.807, 2.05) is 32.9 Å². The van der Waals surface area contributed by atoms with E-state index < -0.39 is 17.9 Å². The van der Waals surface area contributed by atoms with Crippen LogP contribution >= 0.6 is 0 Å². The van der Waals surface area contributed by atoms with E-state index in [0.29, 0.717) is 28.2 Å². The van der Waals surface area contributed by atoms with Crippen LogP contribution < -0.4 is 10.7 Å². The third-order valence-corrected chi connectivity index (χ3v) is 5.11. The van der Waals surface area contributed by atoms with E-state index >= 15 is 0 Å². The second kappa shape index (κ2) is 11.1. The smallest absolute Gasteiger partial charge is 0.337 e. The van der Waals surface area contributed by atoms with Crippen LogP contribution in [0.3, 0.4) is 0 Å². The molecule has 0 aliphatic carbocycles. The maximum Gasteiger partial charge on any atom is 0.337 e. The monoisotopic (exact) mass is 461 g/mol. The first-order valence-electron chi connectivity index (χ1n) is 10.8. The lowest BCUT2D eigenvalue weighted by atomic mass is 10.0. The Hall–Kier alpha value is -4.20. The number of aryl methyl sites for hydroxylation is 1. The highest BCUT2D eigenvalue weighted by molar-refractivity contribution is 5.97. The van der Waals surface area contributed by atoms with Gasteiger partial charge < -0.3 is 14.5 Å². The molecule has 1 heterocycles. The summed E-state index contributed by atoms with van der Waals surface area (Å²) >= 11 is 0. The Morgan fingerprint density at radius 1 is 1.00 bits per heavy atom. The fourth-order valence-corrected chi connectivity index (χ4v) is 3.19. The van der Waals surface area contributed by atoms with E-state index in [9.17, 15) is 14.4 Å². The van der Waals surface area contributed by atoms with Gasteiger partial charge >= 0.3 is 5.97 Å². The molecule has 34 heavy (non-hydrogen) atoms. The molecule has 176 valence electrons. The molecule has 8 nitrogen and oxygen atoms in total. The van der Waals surface area contributed by atoms with Crippen molar-refractivity contribution < 1.29 is 23.5 Å². The Morgan fingerprint density at radius 2 is 1.74 bits per heavy atom. The van der Waals surface area contributed by atoms with E-state index in [2.05, 4.69) is 15.8 Å². The van der Waals surface area contributed by atoms with Crippen molar-refractivity contribution >= 4 is 24.0 Å². The number of benzene rings is 2. The molecule has 0 aliphatic heterocycles.